The zero-order valence-electron chi connectivity index (χ0n) is 16.9. The van der Waals surface area contributed by atoms with Crippen LogP contribution < -0.4 is 10.6 Å². The number of hydrogen-bond acceptors (Lipinski definition) is 3. The lowest BCUT2D eigenvalue weighted by Crippen LogP contribution is -2.37. The van der Waals surface area contributed by atoms with Gasteiger partial charge in [-0.25, -0.2) is 0 Å². The number of carbonyl (C=O) groups excluding carboxylic acids is 1. The second-order valence-electron chi connectivity index (χ2n) is 6.75. The van der Waals surface area contributed by atoms with Crippen LogP contribution in [0, 0.1) is 13.8 Å². The fourth-order valence-corrected chi connectivity index (χ4v) is 2.77. The molecule has 0 aliphatic heterocycles. The summed E-state index contributed by atoms with van der Waals surface area (Å²) in [6, 6.07) is 9.71. The second-order valence-corrected chi connectivity index (χ2v) is 6.75. The highest BCUT2D eigenvalue weighted by atomic mass is 16.2. The molecule has 1 heterocycles. The highest BCUT2D eigenvalue weighted by molar-refractivity contribution is 5.93. The van der Waals surface area contributed by atoms with Crippen molar-refractivity contribution in [2.75, 3.05) is 27.7 Å². The third-order valence-corrected chi connectivity index (χ3v) is 4.23. The van der Waals surface area contributed by atoms with E-state index >= 15 is 0 Å². The van der Waals surface area contributed by atoms with Crippen molar-refractivity contribution >= 4 is 11.9 Å². The van der Waals surface area contributed by atoms with Gasteiger partial charge in [0.05, 0.1) is 5.69 Å². The molecule has 2 aromatic rings. The molecule has 0 radical (unpaired) electrons. The highest BCUT2D eigenvalue weighted by Gasteiger charge is 2.07. The topological polar surface area (TPSA) is 74.5 Å². The number of aromatic nitrogens is 2. The van der Waals surface area contributed by atoms with Crippen LogP contribution in [0.2, 0.25) is 0 Å². The Kier molecular flexibility index (Phi) is 7.40. The van der Waals surface area contributed by atoms with Crippen molar-refractivity contribution in [3.63, 3.8) is 0 Å². The lowest BCUT2D eigenvalue weighted by atomic mass is 10.1. The zero-order valence-corrected chi connectivity index (χ0v) is 16.9. The molecule has 146 valence electrons. The maximum Gasteiger partial charge on any atom is 0.253 e. The summed E-state index contributed by atoms with van der Waals surface area (Å²) in [5.41, 5.74) is 4.02. The number of nitrogens with one attached hydrogen (secondary N) is 2. The SMILES string of the molecule is CN=C(NCCCn1nc(C)cc1C)NCc1ccc(C(=O)N(C)C)cc1. The minimum atomic E-state index is 0.00889. The number of hydrogen-bond donors (Lipinski definition) is 2. The molecule has 7 nitrogen and oxygen atoms in total. The summed E-state index contributed by atoms with van der Waals surface area (Å²) in [6.07, 6.45) is 0.962. The van der Waals surface area contributed by atoms with Gasteiger partial charge in [0.15, 0.2) is 5.96 Å². The molecule has 0 saturated heterocycles. The van der Waals surface area contributed by atoms with E-state index in [9.17, 15) is 4.79 Å². The largest absolute Gasteiger partial charge is 0.356 e. The Labute approximate surface area is 161 Å². The number of nitrogens with zero attached hydrogens (tertiary/aromatic N) is 4. The third-order valence-electron chi connectivity index (χ3n) is 4.23. The molecule has 1 aromatic carbocycles. The second kappa shape index (κ2) is 9.75. The van der Waals surface area contributed by atoms with Gasteiger partial charge >= 0.3 is 0 Å². The molecule has 0 fully saturated rings. The van der Waals surface area contributed by atoms with Gasteiger partial charge in [0.2, 0.25) is 0 Å². The maximum atomic E-state index is 11.9. The van der Waals surface area contributed by atoms with Crippen molar-refractivity contribution in [3.8, 4) is 0 Å². The fraction of sp³-hybridized carbons (Fsp3) is 0.450. The van der Waals surface area contributed by atoms with Gasteiger partial charge in [0, 0.05) is 52.0 Å². The minimum absolute atomic E-state index is 0.00889. The number of amides is 1. The summed E-state index contributed by atoms with van der Waals surface area (Å²) in [4.78, 5) is 17.7. The molecule has 1 aromatic heterocycles. The normalized spacial score (nSPS) is 11.4. The Morgan fingerprint density at radius 2 is 1.89 bits per heavy atom. The predicted octanol–water partition coefficient (Wildman–Crippen LogP) is 1.96. The number of aryl methyl sites for hydroxylation is 3. The fourth-order valence-electron chi connectivity index (χ4n) is 2.77. The smallest absolute Gasteiger partial charge is 0.253 e. The summed E-state index contributed by atoms with van der Waals surface area (Å²) in [7, 11) is 5.26. The minimum Gasteiger partial charge on any atom is -0.356 e. The molecule has 2 rings (SSSR count). The van der Waals surface area contributed by atoms with Crippen molar-refractivity contribution < 1.29 is 4.79 Å². The standard InChI is InChI=1S/C20H30N6O/c1-15-13-16(2)26(24-15)12-6-11-22-20(21-3)23-14-17-7-9-18(10-8-17)19(27)25(4)5/h7-10,13H,6,11-12,14H2,1-5H3,(H2,21,22,23). The van der Waals surface area contributed by atoms with Gasteiger partial charge in [-0.3, -0.25) is 14.5 Å². The highest BCUT2D eigenvalue weighted by Crippen LogP contribution is 2.06. The quantitative estimate of drug-likeness (QED) is 0.444. The van der Waals surface area contributed by atoms with Crippen LogP contribution >= 0.6 is 0 Å². The van der Waals surface area contributed by atoms with Gasteiger partial charge in [-0.2, -0.15) is 5.10 Å². The van der Waals surface area contributed by atoms with Gasteiger partial charge in [-0.1, -0.05) is 12.1 Å². The number of rotatable bonds is 7. The van der Waals surface area contributed by atoms with Gasteiger partial charge in [0.25, 0.3) is 5.91 Å². The lowest BCUT2D eigenvalue weighted by Gasteiger charge is -2.13. The van der Waals surface area contributed by atoms with Crippen LogP contribution in [-0.4, -0.2) is 54.2 Å². The van der Waals surface area contributed by atoms with E-state index in [0.29, 0.717) is 12.1 Å². The van der Waals surface area contributed by atoms with Crippen LogP contribution in [0.5, 0.6) is 0 Å². The maximum absolute atomic E-state index is 11.9. The molecular formula is C20H30N6O. The van der Waals surface area contributed by atoms with Crippen LogP contribution in [0.3, 0.4) is 0 Å². The molecule has 27 heavy (non-hydrogen) atoms. The zero-order chi connectivity index (χ0) is 19.8. The van der Waals surface area contributed by atoms with Crippen molar-refractivity contribution in [2.24, 2.45) is 4.99 Å². The van der Waals surface area contributed by atoms with Crippen LogP contribution in [0.4, 0.5) is 0 Å². The van der Waals surface area contributed by atoms with E-state index in [1.165, 1.54) is 5.69 Å². The average Bonchev–Trinajstić information content (AvgIpc) is 2.98. The van der Waals surface area contributed by atoms with Crippen LogP contribution in [-0.2, 0) is 13.1 Å². The monoisotopic (exact) mass is 370 g/mol. The van der Waals surface area contributed by atoms with E-state index in [2.05, 4.69) is 33.7 Å². The van der Waals surface area contributed by atoms with E-state index in [1.54, 1.807) is 26.0 Å². The molecule has 0 spiro atoms. The Balaban J connectivity index is 1.75. The summed E-state index contributed by atoms with van der Waals surface area (Å²) in [5.74, 6) is 0.770. The molecule has 0 aliphatic carbocycles. The first-order valence-corrected chi connectivity index (χ1v) is 9.17. The average molecular weight is 371 g/mol. The molecule has 0 saturated carbocycles. The predicted molar refractivity (Wildman–Crippen MR) is 109 cm³/mol. The first kappa shape index (κ1) is 20.5. The van der Waals surface area contributed by atoms with Crippen LogP contribution in [0.15, 0.2) is 35.3 Å². The molecule has 7 heteroatoms. The van der Waals surface area contributed by atoms with Gasteiger partial charge < -0.3 is 15.5 Å². The van der Waals surface area contributed by atoms with E-state index < -0.39 is 0 Å². The van der Waals surface area contributed by atoms with Crippen molar-refractivity contribution in [2.45, 2.75) is 33.4 Å². The van der Waals surface area contributed by atoms with Crippen molar-refractivity contribution in [1.82, 2.24) is 25.3 Å². The van der Waals surface area contributed by atoms with Crippen LogP contribution in [0.25, 0.3) is 0 Å². The van der Waals surface area contributed by atoms with Crippen LogP contribution in [0.1, 0.15) is 33.7 Å². The van der Waals surface area contributed by atoms with Gasteiger partial charge in [-0.15, -0.1) is 0 Å². The molecule has 0 bridgehead atoms. The molecule has 0 atom stereocenters. The summed E-state index contributed by atoms with van der Waals surface area (Å²) >= 11 is 0. The summed E-state index contributed by atoms with van der Waals surface area (Å²) in [5, 5.41) is 11.1. The van der Waals surface area contributed by atoms with E-state index in [-0.39, 0.29) is 5.91 Å². The van der Waals surface area contributed by atoms with Crippen molar-refractivity contribution in [1.29, 1.82) is 0 Å². The summed E-state index contributed by atoms with van der Waals surface area (Å²) < 4.78 is 2.03. The molecule has 0 aliphatic rings. The molecular weight excluding hydrogens is 340 g/mol. The third kappa shape index (κ3) is 6.13. The number of carbonyl (C=O) groups is 1. The number of benzene rings is 1. The molecule has 2 N–H and O–H groups in total. The number of guanidine groups is 1. The summed E-state index contributed by atoms with van der Waals surface area (Å²) in [6.45, 7) is 6.43. The molecule has 1 amide bonds. The van der Waals surface area contributed by atoms with E-state index in [4.69, 9.17) is 0 Å². The Morgan fingerprint density at radius 3 is 2.44 bits per heavy atom. The lowest BCUT2D eigenvalue weighted by molar-refractivity contribution is 0.0827. The van der Waals surface area contributed by atoms with Gasteiger partial charge in [0.1, 0.15) is 0 Å². The first-order chi connectivity index (χ1) is 12.9. The van der Waals surface area contributed by atoms with E-state index in [0.717, 1.165) is 36.7 Å². The Hall–Kier alpha value is -2.83. The molecule has 0 unspecified atom stereocenters. The number of aliphatic imine (C=N–C) groups is 1. The Morgan fingerprint density at radius 1 is 1.19 bits per heavy atom. The van der Waals surface area contributed by atoms with E-state index in [1.807, 2.05) is 35.9 Å². The van der Waals surface area contributed by atoms with Crippen molar-refractivity contribution in [3.05, 3.63) is 52.8 Å². The van der Waals surface area contributed by atoms with Gasteiger partial charge in [-0.05, 0) is 44.0 Å². The first-order valence-electron chi connectivity index (χ1n) is 9.17. The Bertz CT molecular complexity index is 776.